The van der Waals surface area contributed by atoms with Gasteiger partial charge in [-0.1, -0.05) is 6.07 Å². The van der Waals surface area contributed by atoms with Crippen LogP contribution in [0.15, 0.2) is 18.2 Å². The number of carbonyl (C=O) groups is 2. The second-order valence-electron chi connectivity index (χ2n) is 8.10. The topological polar surface area (TPSA) is 58.4 Å². The maximum atomic E-state index is 12.7. The summed E-state index contributed by atoms with van der Waals surface area (Å²) in [7, 11) is 0. The number of aromatic nitrogens is 2. The molecule has 2 aliphatic rings. The van der Waals surface area contributed by atoms with E-state index in [9.17, 15) is 9.59 Å². The van der Waals surface area contributed by atoms with Crippen LogP contribution in [0.2, 0.25) is 0 Å². The molecule has 2 aromatic rings. The standard InChI is InChI=1S/C21H28N4O2/c1-14(2)25-15(3)22-18-12-16(4-7-19(18)25)13-20(26)23-8-10-24(11-9-23)21(27)17-5-6-17/h4,7,12,14,17H,5-6,8-11,13H2,1-3H3. The predicted octanol–water partition coefficient (Wildman–Crippen LogP) is 2.55. The van der Waals surface area contributed by atoms with Gasteiger partial charge in [0.05, 0.1) is 17.5 Å². The van der Waals surface area contributed by atoms with Crippen molar-refractivity contribution in [3.63, 3.8) is 0 Å². The van der Waals surface area contributed by atoms with Crippen LogP contribution in [0, 0.1) is 12.8 Å². The predicted molar refractivity (Wildman–Crippen MR) is 104 cm³/mol. The molecule has 1 aliphatic heterocycles. The smallest absolute Gasteiger partial charge is 0.227 e. The van der Waals surface area contributed by atoms with Crippen molar-refractivity contribution in [1.29, 1.82) is 0 Å². The summed E-state index contributed by atoms with van der Waals surface area (Å²) < 4.78 is 2.22. The first-order valence-corrected chi connectivity index (χ1v) is 9.98. The molecule has 4 rings (SSSR count). The average Bonchev–Trinajstić information content (AvgIpc) is 3.43. The fourth-order valence-electron chi connectivity index (χ4n) is 4.08. The summed E-state index contributed by atoms with van der Waals surface area (Å²) in [6.45, 7) is 8.93. The molecular formula is C21H28N4O2. The van der Waals surface area contributed by atoms with E-state index in [2.05, 4.69) is 29.5 Å². The lowest BCUT2D eigenvalue weighted by Crippen LogP contribution is -2.51. The van der Waals surface area contributed by atoms with Gasteiger partial charge in [0.1, 0.15) is 5.82 Å². The number of amides is 2. The van der Waals surface area contributed by atoms with Crippen LogP contribution in [0.5, 0.6) is 0 Å². The minimum atomic E-state index is 0.132. The minimum absolute atomic E-state index is 0.132. The molecule has 2 amide bonds. The van der Waals surface area contributed by atoms with Gasteiger partial charge in [-0.25, -0.2) is 4.98 Å². The number of fused-ring (bicyclic) bond motifs is 1. The summed E-state index contributed by atoms with van der Waals surface area (Å²) in [6.07, 6.45) is 2.46. The normalized spacial score (nSPS) is 17.8. The van der Waals surface area contributed by atoms with Gasteiger partial charge in [-0.15, -0.1) is 0 Å². The van der Waals surface area contributed by atoms with Gasteiger partial charge < -0.3 is 14.4 Å². The fourth-order valence-corrected chi connectivity index (χ4v) is 4.08. The number of aryl methyl sites for hydroxylation is 1. The van der Waals surface area contributed by atoms with Crippen LogP contribution >= 0.6 is 0 Å². The number of nitrogens with zero attached hydrogens (tertiary/aromatic N) is 4. The Balaban J connectivity index is 1.40. The van der Waals surface area contributed by atoms with Crippen LogP contribution in [-0.4, -0.2) is 57.3 Å². The van der Waals surface area contributed by atoms with Crippen LogP contribution in [0.25, 0.3) is 11.0 Å². The van der Waals surface area contributed by atoms with Crippen LogP contribution in [0.1, 0.15) is 44.1 Å². The molecule has 6 heteroatoms. The lowest BCUT2D eigenvalue weighted by molar-refractivity contribution is -0.140. The van der Waals surface area contributed by atoms with Crippen molar-refractivity contribution in [2.45, 2.75) is 46.1 Å². The molecule has 27 heavy (non-hydrogen) atoms. The van der Waals surface area contributed by atoms with Crippen LogP contribution < -0.4 is 0 Å². The molecule has 1 aromatic carbocycles. The maximum absolute atomic E-state index is 12.7. The highest BCUT2D eigenvalue weighted by molar-refractivity contribution is 5.83. The van der Waals surface area contributed by atoms with E-state index in [1.165, 1.54) is 0 Å². The van der Waals surface area contributed by atoms with Gasteiger partial charge in [0.15, 0.2) is 0 Å². The Kier molecular flexibility index (Phi) is 4.66. The number of benzene rings is 1. The Bertz CT molecular complexity index is 874. The molecule has 2 heterocycles. The molecule has 0 unspecified atom stereocenters. The summed E-state index contributed by atoms with van der Waals surface area (Å²) in [5.41, 5.74) is 3.06. The Morgan fingerprint density at radius 3 is 2.41 bits per heavy atom. The third-order valence-corrected chi connectivity index (χ3v) is 5.67. The van der Waals surface area contributed by atoms with Crippen LogP contribution in [-0.2, 0) is 16.0 Å². The summed E-state index contributed by atoms with van der Waals surface area (Å²) in [5.74, 6) is 1.67. The van der Waals surface area contributed by atoms with Crippen molar-refractivity contribution >= 4 is 22.8 Å². The molecule has 0 N–H and O–H groups in total. The van der Waals surface area contributed by atoms with Crippen molar-refractivity contribution in [3.05, 3.63) is 29.6 Å². The van der Waals surface area contributed by atoms with Crippen molar-refractivity contribution < 1.29 is 9.59 Å². The first kappa shape index (κ1) is 18.0. The van der Waals surface area contributed by atoms with Crippen molar-refractivity contribution in [2.75, 3.05) is 26.2 Å². The van der Waals surface area contributed by atoms with Gasteiger partial charge >= 0.3 is 0 Å². The first-order chi connectivity index (χ1) is 12.9. The second-order valence-corrected chi connectivity index (χ2v) is 8.10. The SMILES string of the molecule is Cc1nc2cc(CC(=O)N3CCN(C(=O)C4CC4)CC3)ccc2n1C(C)C. The van der Waals surface area contributed by atoms with E-state index >= 15 is 0 Å². The number of rotatable bonds is 4. The number of imidazole rings is 1. The molecule has 0 spiro atoms. The third kappa shape index (κ3) is 3.57. The molecule has 6 nitrogen and oxygen atoms in total. The summed E-state index contributed by atoms with van der Waals surface area (Å²) in [4.78, 5) is 33.3. The second kappa shape index (κ2) is 6.98. The quantitative estimate of drug-likeness (QED) is 0.833. The lowest BCUT2D eigenvalue weighted by Gasteiger charge is -2.35. The molecule has 1 saturated carbocycles. The van der Waals surface area contributed by atoms with Gasteiger partial charge in [0.25, 0.3) is 0 Å². The summed E-state index contributed by atoms with van der Waals surface area (Å²) >= 11 is 0. The Hall–Kier alpha value is -2.37. The number of piperazine rings is 1. The van der Waals surface area contributed by atoms with Gasteiger partial charge in [-0.2, -0.15) is 0 Å². The van der Waals surface area contributed by atoms with Crippen LogP contribution in [0.4, 0.5) is 0 Å². The molecule has 1 aliphatic carbocycles. The van der Waals surface area contributed by atoms with E-state index in [0.29, 0.717) is 38.6 Å². The highest BCUT2D eigenvalue weighted by Crippen LogP contribution is 2.31. The zero-order valence-corrected chi connectivity index (χ0v) is 16.4. The summed E-state index contributed by atoms with van der Waals surface area (Å²) in [6, 6.07) is 6.50. The monoisotopic (exact) mass is 368 g/mol. The Labute approximate surface area is 160 Å². The first-order valence-electron chi connectivity index (χ1n) is 9.98. The van der Waals surface area contributed by atoms with Crippen molar-refractivity contribution in [2.24, 2.45) is 5.92 Å². The molecular weight excluding hydrogens is 340 g/mol. The van der Waals surface area contributed by atoms with E-state index < -0.39 is 0 Å². The van der Waals surface area contributed by atoms with Gasteiger partial charge in [-0.05, 0) is 51.3 Å². The molecule has 0 bridgehead atoms. The fraction of sp³-hybridized carbons (Fsp3) is 0.571. The average molecular weight is 368 g/mol. The lowest BCUT2D eigenvalue weighted by atomic mass is 10.1. The number of hydrogen-bond acceptors (Lipinski definition) is 3. The highest BCUT2D eigenvalue weighted by Gasteiger charge is 2.35. The van der Waals surface area contributed by atoms with Crippen LogP contribution in [0.3, 0.4) is 0 Å². The van der Waals surface area contributed by atoms with Gasteiger partial charge in [0, 0.05) is 38.1 Å². The van der Waals surface area contributed by atoms with Gasteiger partial charge in [-0.3, -0.25) is 9.59 Å². The van der Waals surface area contributed by atoms with E-state index in [4.69, 9.17) is 0 Å². The zero-order valence-electron chi connectivity index (χ0n) is 16.4. The molecule has 0 atom stereocenters. The summed E-state index contributed by atoms with van der Waals surface area (Å²) in [5, 5.41) is 0. The van der Waals surface area contributed by atoms with E-state index in [1.807, 2.05) is 28.9 Å². The molecule has 0 radical (unpaired) electrons. The third-order valence-electron chi connectivity index (χ3n) is 5.67. The molecule has 1 saturated heterocycles. The van der Waals surface area contributed by atoms with Gasteiger partial charge in [0.2, 0.25) is 11.8 Å². The molecule has 1 aromatic heterocycles. The zero-order chi connectivity index (χ0) is 19.1. The van der Waals surface area contributed by atoms with E-state index in [1.54, 1.807) is 0 Å². The van der Waals surface area contributed by atoms with Crippen molar-refractivity contribution in [3.8, 4) is 0 Å². The minimum Gasteiger partial charge on any atom is -0.339 e. The highest BCUT2D eigenvalue weighted by atomic mass is 16.2. The molecule has 2 fully saturated rings. The maximum Gasteiger partial charge on any atom is 0.227 e. The van der Waals surface area contributed by atoms with E-state index in [0.717, 1.165) is 35.3 Å². The Morgan fingerprint density at radius 2 is 1.78 bits per heavy atom. The Morgan fingerprint density at radius 1 is 1.11 bits per heavy atom. The number of carbonyl (C=O) groups excluding carboxylic acids is 2. The van der Waals surface area contributed by atoms with Crippen molar-refractivity contribution in [1.82, 2.24) is 19.4 Å². The largest absolute Gasteiger partial charge is 0.339 e. The van der Waals surface area contributed by atoms with E-state index in [-0.39, 0.29) is 17.7 Å². The molecule has 144 valence electrons. The number of hydrogen-bond donors (Lipinski definition) is 0.